The van der Waals surface area contributed by atoms with Crippen molar-refractivity contribution in [1.82, 2.24) is 10.4 Å². The highest BCUT2D eigenvalue weighted by Crippen LogP contribution is 2.11. The van der Waals surface area contributed by atoms with Gasteiger partial charge in [0.15, 0.2) is 0 Å². The second-order valence-electron chi connectivity index (χ2n) is 3.37. The number of nitrogens with one attached hydrogen (secondary N) is 1. The lowest BCUT2D eigenvalue weighted by Gasteiger charge is -2.14. The van der Waals surface area contributed by atoms with Crippen molar-refractivity contribution in [2.24, 2.45) is 5.84 Å². The van der Waals surface area contributed by atoms with Crippen molar-refractivity contribution in [3.63, 3.8) is 0 Å². The van der Waals surface area contributed by atoms with Gasteiger partial charge in [0.2, 0.25) is 0 Å². The molecule has 0 radical (unpaired) electrons. The van der Waals surface area contributed by atoms with Gasteiger partial charge in [0.1, 0.15) is 0 Å². The SMILES string of the molecule is CCOCCCC(Cc1cncs1)NN. The van der Waals surface area contributed by atoms with Gasteiger partial charge in [-0.25, -0.2) is 0 Å². The largest absolute Gasteiger partial charge is 0.382 e. The molecule has 0 aliphatic carbocycles. The van der Waals surface area contributed by atoms with Crippen molar-refractivity contribution >= 4 is 11.3 Å². The van der Waals surface area contributed by atoms with Crippen LogP contribution >= 0.6 is 11.3 Å². The maximum absolute atomic E-state index is 5.50. The number of nitrogens with two attached hydrogens (primary N) is 1. The topological polar surface area (TPSA) is 60.2 Å². The summed E-state index contributed by atoms with van der Waals surface area (Å²) in [6.45, 7) is 3.61. The van der Waals surface area contributed by atoms with E-state index in [-0.39, 0.29) is 0 Å². The zero-order chi connectivity index (χ0) is 10.9. The standard InChI is InChI=1S/C10H19N3OS/c1-2-14-5-3-4-9(13-11)6-10-7-12-8-15-10/h7-9,13H,2-6,11H2,1H3. The van der Waals surface area contributed by atoms with Crippen molar-refractivity contribution < 1.29 is 4.74 Å². The minimum absolute atomic E-state index is 0.325. The second kappa shape index (κ2) is 7.76. The van der Waals surface area contributed by atoms with Gasteiger partial charge in [-0.05, 0) is 19.8 Å². The molecule has 0 bridgehead atoms. The molecule has 4 nitrogen and oxygen atoms in total. The lowest BCUT2D eigenvalue weighted by Crippen LogP contribution is -2.36. The normalized spacial score (nSPS) is 12.9. The highest BCUT2D eigenvalue weighted by molar-refractivity contribution is 7.09. The third kappa shape index (κ3) is 5.22. The van der Waals surface area contributed by atoms with Crippen molar-refractivity contribution in [2.45, 2.75) is 32.2 Å². The molecule has 3 N–H and O–H groups in total. The summed E-state index contributed by atoms with van der Waals surface area (Å²) in [5.74, 6) is 5.50. The van der Waals surface area contributed by atoms with E-state index in [1.54, 1.807) is 11.3 Å². The number of hydrogen-bond acceptors (Lipinski definition) is 5. The number of thiazole rings is 1. The molecule has 0 fully saturated rings. The van der Waals surface area contributed by atoms with Crippen LogP contribution in [0.5, 0.6) is 0 Å². The Labute approximate surface area is 94.8 Å². The summed E-state index contributed by atoms with van der Waals surface area (Å²) < 4.78 is 5.29. The Hall–Kier alpha value is -0.490. The molecule has 1 aromatic heterocycles. The van der Waals surface area contributed by atoms with E-state index in [2.05, 4.69) is 10.4 Å². The van der Waals surface area contributed by atoms with Crippen LogP contribution in [0.4, 0.5) is 0 Å². The second-order valence-corrected chi connectivity index (χ2v) is 4.35. The van der Waals surface area contributed by atoms with Gasteiger partial charge in [0.25, 0.3) is 0 Å². The van der Waals surface area contributed by atoms with E-state index in [4.69, 9.17) is 10.6 Å². The van der Waals surface area contributed by atoms with Crippen LogP contribution in [0.15, 0.2) is 11.7 Å². The van der Waals surface area contributed by atoms with Crippen molar-refractivity contribution in [3.05, 3.63) is 16.6 Å². The maximum Gasteiger partial charge on any atom is 0.0794 e. The zero-order valence-corrected chi connectivity index (χ0v) is 9.93. The van der Waals surface area contributed by atoms with Crippen LogP contribution in [0.1, 0.15) is 24.6 Å². The molecule has 1 unspecified atom stereocenters. The first-order chi connectivity index (χ1) is 7.36. The molecular weight excluding hydrogens is 210 g/mol. The molecule has 0 saturated carbocycles. The van der Waals surface area contributed by atoms with Crippen LogP contribution < -0.4 is 11.3 Å². The minimum Gasteiger partial charge on any atom is -0.382 e. The average Bonchev–Trinajstić information content (AvgIpc) is 2.75. The van der Waals surface area contributed by atoms with E-state index in [0.29, 0.717) is 6.04 Å². The molecule has 1 heterocycles. The summed E-state index contributed by atoms with van der Waals surface area (Å²) >= 11 is 1.67. The highest BCUT2D eigenvalue weighted by atomic mass is 32.1. The van der Waals surface area contributed by atoms with E-state index in [1.165, 1.54) is 4.88 Å². The van der Waals surface area contributed by atoms with E-state index in [1.807, 2.05) is 18.6 Å². The van der Waals surface area contributed by atoms with E-state index >= 15 is 0 Å². The summed E-state index contributed by atoms with van der Waals surface area (Å²) in [5.41, 5.74) is 4.69. The molecule has 15 heavy (non-hydrogen) atoms. The molecule has 0 saturated heterocycles. The van der Waals surface area contributed by atoms with Gasteiger partial charge in [-0.15, -0.1) is 11.3 Å². The fourth-order valence-electron chi connectivity index (χ4n) is 1.41. The Bertz CT molecular complexity index is 241. The first-order valence-electron chi connectivity index (χ1n) is 5.28. The monoisotopic (exact) mass is 229 g/mol. The van der Waals surface area contributed by atoms with Crippen molar-refractivity contribution in [3.8, 4) is 0 Å². The molecule has 86 valence electrons. The molecule has 0 spiro atoms. The lowest BCUT2D eigenvalue weighted by atomic mass is 10.1. The lowest BCUT2D eigenvalue weighted by molar-refractivity contribution is 0.141. The Balaban J connectivity index is 2.18. The minimum atomic E-state index is 0.325. The Morgan fingerprint density at radius 2 is 2.53 bits per heavy atom. The van der Waals surface area contributed by atoms with Gasteiger partial charge in [0.05, 0.1) is 5.51 Å². The smallest absolute Gasteiger partial charge is 0.0794 e. The van der Waals surface area contributed by atoms with Gasteiger partial charge in [0, 0.05) is 36.8 Å². The molecule has 5 heteroatoms. The number of rotatable bonds is 8. The van der Waals surface area contributed by atoms with Crippen LogP contribution in [0.25, 0.3) is 0 Å². The number of ether oxygens (including phenoxy) is 1. The first kappa shape index (κ1) is 12.6. The number of aromatic nitrogens is 1. The third-order valence-corrected chi connectivity index (χ3v) is 3.01. The number of hydrogen-bond donors (Lipinski definition) is 2. The van der Waals surface area contributed by atoms with Gasteiger partial charge >= 0.3 is 0 Å². The summed E-state index contributed by atoms with van der Waals surface area (Å²) in [7, 11) is 0. The van der Waals surface area contributed by atoms with Crippen LogP contribution in [0, 0.1) is 0 Å². The molecule has 0 aliphatic heterocycles. The quantitative estimate of drug-likeness (QED) is 0.401. The molecule has 1 atom stereocenters. The molecule has 0 aliphatic rings. The maximum atomic E-state index is 5.50. The van der Waals surface area contributed by atoms with Crippen molar-refractivity contribution in [2.75, 3.05) is 13.2 Å². The first-order valence-corrected chi connectivity index (χ1v) is 6.16. The predicted octanol–water partition coefficient (Wildman–Crippen LogP) is 1.33. The van der Waals surface area contributed by atoms with Crippen molar-refractivity contribution in [1.29, 1.82) is 0 Å². The zero-order valence-electron chi connectivity index (χ0n) is 9.11. The molecule has 0 aromatic carbocycles. The Morgan fingerprint density at radius 3 is 3.13 bits per heavy atom. The third-order valence-electron chi connectivity index (χ3n) is 2.21. The van der Waals surface area contributed by atoms with E-state index in [0.717, 1.165) is 32.5 Å². The van der Waals surface area contributed by atoms with Gasteiger partial charge in [-0.1, -0.05) is 0 Å². The summed E-state index contributed by atoms with van der Waals surface area (Å²) in [6, 6.07) is 0.325. The van der Waals surface area contributed by atoms with Crippen LogP contribution in [-0.4, -0.2) is 24.2 Å². The molecule has 1 rings (SSSR count). The van der Waals surface area contributed by atoms with Crippen LogP contribution in [-0.2, 0) is 11.2 Å². The fraction of sp³-hybridized carbons (Fsp3) is 0.700. The van der Waals surface area contributed by atoms with Gasteiger partial charge < -0.3 is 4.74 Å². The molecule has 1 aromatic rings. The van der Waals surface area contributed by atoms with E-state index < -0.39 is 0 Å². The highest BCUT2D eigenvalue weighted by Gasteiger charge is 2.08. The summed E-state index contributed by atoms with van der Waals surface area (Å²) in [5, 5.41) is 0. The van der Waals surface area contributed by atoms with Gasteiger partial charge in [-0.2, -0.15) is 0 Å². The Kier molecular flexibility index (Phi) is 6.50. The summed E-state index contributed by atoms with van der Waals surface area (Å²) in [6.07, 6.45) is 4.93. The van der Waals surface area contributed by atoms with Crippen LogP contribution in [0.2, 0.25) is 0 Å². The molecular formula is C10H19N3OS. The van der Waals surface area contributed by atoms with E-state index in [9.17, 15) is 0 Å². The Morgan fingerprint density at radius 1 is 1.67 bits per heavy atom. The molecule has 0 amide bonds. The van der Waals surface area contributed by atoms with Gasteiger partial charge in [-0.3, -0.25) is 16.3 Å². The fourth-order valence-corrected chi connectivity index (χ4v) is 2.08. The number of hydrazine groups is 1. The summed E-state index contributed by atoms with van der Waals surface area (Å²) in [4.78, 5) is 5.32. The predicted molar refractivity (Wildman–Crippen MR) is 62.7 cm³/mol. The number of nitrogens with zero attached hydrogens (tertiary/aromatic N) is 1. The average molecular weight is 229 g/mol. The van der Waals surface area contributed by atoms with Crippen LogP contribution in [0.3, 0.4) is 0 Å².